The first-order valence-corrected chi connectivity index (χ1v) is 8.02. The van der Waals surface area contributed by atoms with Crippen LogP contribution in [0, 0.1) is 24.1 Å². The number of carbonyl (C=O) groups excluding carboxylic acids is 1. The van der Waals surface area contributed by atoms with E-state index in [1.165, 1.54) is 17.0 Å². The van der Waals surface area contributed by atoms with Crippen LogP contribution >= 0.6 is 0 Å². The van der Waals surface area contributed by atoms with Gasteiger partial charge in [0.2, 0.25) is 5.91 Å². The van der Waals surface area contributed by atoms with Gasteiger partial charge in [-0.05, 0) is 29.3 Å². The van der Waals surface area contributed by atoms with Crippen LogP contribution in [0.4, 0.5) is 4.39 Å². The molecule has 0 saturated carbocycles. The predicted molar refractivity (Wildman–Crippen MR) is 93.4 cm³/mol. The maximum Gasteiger partial charge on any atom is 0.244 e. The van der Waals surface area contributed by atoms with Gasteiger partial charge in [0.15, 0.2) is 0 Å². The number of carbonyl (C=O) groups is 1. The van der Waals surface area contributed by atoms with Crippen LogP contribution in [0.1, 0.15) is 11.1 Å². The highest BCUT2D eigenvalue weighted by Gasteiger charge is 2.32. The van der Waals surface area contributed by atoms with Gasteiger partial charge in [-0.15, -0.1) is 6.42 Å². The second-order valence-electron chi connectivity index (χ2n) is 5.84. The van der Waals surface area contributed by atoms with Crippen LogP contribution in [0.3, 0.4) is 0 Å². The van der Waals surface area contributed by atoms with Crippen LogP contribution < -0.4 is 0 Å². The van der Waals surface area contributed by atoms with Crippen LogP contribution in [0.2, 0.25) is 0 Å². The summed E-state index contributed by atoms with van der Waals surface area (Å²) < 4.78 is 19.1. The molecule has 4 heteroatoms. The Morgan fingerprint density at radius 2 is 1.88 bits per heavy atom. The molecule has 0 radical (unpaired) electrons. The van der Waals surface area contributed by atoms with E-state index >= 15 is 0 Å². The van der Waals surface area contributed by atoms with E-state index in [4.69, 9.17) is 11.2 Å². The summed E-state index contributed by atoms with van der Waals surface area (Å²) in [6.07, 6.45) is 8.54. The van der Waals surface area contributed by atoms with E-state index in [0.29, 0.717) is 12.2 Å². The highest BCUT2D eigenvalue weighted by Crippen LogP contribution is 2.22. The van der Waals surface area contributed by atoms with Gasteiger partial charge in [-0.2, -0.15) is 0 Å². The van der Waals surface area contributed by atoms with Crippen molar-refractivity contribution in [2.24, 2.45) is 5.92 Å². The number of halogens is 1. The minimum atomic E-state index is -0.692. The first-order chi connectivity index (χ1) is 12.2. The molecule has 0 spiro atoms. The van der Waals surface area contributed by atoms with Gasteiger partial charge in [-0.1, -0.05) is 48.4 Å². The van der Waals surface area contributed by atoms with Crippen molar-refractivity contribution in [3.63, 3.8) is 0 Å². The van der Waals surface area contributed by atoms with Gasteiger partial charge in [0, 0.05) is 6.20 Å². The molecule has 2 aromatic rings. The molecule has 0 aliphatic carbocycles. The third kappa shape index (κ3) is 4.14. The molecule has 3 nitrogen and oxygen atoms in total. The number of amides is 1. The number of ether oxygens (including phenoxy) is 1. The Kier molecular flexibility index (Phi) is 5.27. The van der Waals surface area contributed by atoms with E-state index in [1.54, 1.807) is 24.4 Å². The third-order valence-corrected chi connectivity index (χ3v) is 4.04. The van der Waals surface area contributed by atoms with E-state index in [2.05, 4.69) is 5.92 Å². The van der Waals surface area contributed by atoms with Crippen LogP contribution in [0.5, 0.6) is 0 Å². The van der Waals surface area contributed by atoms with E-state index in [1.807, 2.05) is 30.3 Å². The molecular weight excluding hydrogens is 317 g/mol. The molecule has 25 heavy (non-hydrogen) atoms. The Bertz CT molecular complexity index is 810. The standard InChI is InChI=1S/C21H18FNO2/c1-2-19-20(25-15-16-7-4-3-5-8-16)11-12-23(21(19)24)14-17-9-6-10-18(22)13-17/h1,3-13,19-20H,14-15H2. The van der Waals surface area contributed by atoms with E-state index in [9.17, 15) is 9.18 Å². The zero-order chi connectivity index (χ0) is 17.6. The molecule has 1 aliphatic rings. The van der Waals surface area contributed by atoms with E-state index < -0.39 is 12.0 Å². The molecule has 1 amide bonds. The Balaban J connectivity index is 1.69. The van der Waals surface area contributed by atoms with Crippen molar-refractivity contribution in [2.75, 3.05) is 0 Å². The first kappa shape index (κ1) is 16.9. The van der Waals surface area contributed by atoms with Gasteiger partial charge in [-0.3, -0.25) is 4.79 Å². The summed E-state index contributed by atoms with van der Waals surface area (Å²) in [5.41, 5.74) is 1.72. The molecule has 0 N–H and O–H groups in total. The fourth-order valence-electron chi connectivity index (χ4n) is 2.74. The van der Waals surface area contributed by atoms with Gasteiger partial charge < -0.3 is 9.64 Å². The highest BCUT2D eigenvalue weighted by atomic mass is 19.1. The molecule has 2 aromatic carbocycles. The Hall–Kier alpha value is -2.90. The molecule has 1 aliphatic heterocycles. The monoisotopic (exact) mass is 335 g/mol. The van der Waals surface area contributed by atoms with Crippen molar-refractivity contribution in [1.82, 2.24) is 4.90 Å². The summed E-state index contributed by atoms with van der Waals surface area (Å²) in [6.45, 7) is 0.655. The lowest BCUT2D eigenvalue weighted by atomic mass is 9.98. The SMILES string of the molecule is C#CC1C(=O)N(Cc2cccc(F)c2)C=CC1OCc1ccccc1. The summed E-state index contributed by atoms with van der Waals surface area (Å²) in [5, 5.41) is 0. The zero-order valence-electron chi connectivity index (χ0n) is 13.6. The van der Waals surface area contributed by atoms with Crippen LogP contribution in [-0.4, -0.2) is 16.9 Å². The maximum absolute atomic E-state index is 13.3. The largest absolute Gasteiger partial charge is 0.368 e. The Morgan fingerprint density at radius 3 is 2.60 bits per heavy atom. The summed E-state index contributed by atoms with van der Waals surface area (Å²) in [6, 6.07) is 15.9. The fraction of sp³-hybridized carbons (Fsp3) is 0.190. The molecule has 3 rings (SSSR count). The predicted octanol–water partition coefficient (Wildman–Crippen LogP) is 3.52. The number of terminal acetylenes is 1. The second kappa shape index (κ2) is 7.78. The minimum Gasteiger partial charge on any atom is -0.368 e. The summed E-state index contributed by atoms with van der Waals surface area (Å²) in [4.78, 5) is 14.1. The topological polar surface area (TPSA) is 29.5 Å². The fourth-order valence-corrected chi connectivity index (χ4v) is 2.74. The van der Waals surface area contributed by atoms with Gasteiger partial charge in [0.05, 0.1) is 13.2 Å². The summed E-state index contributed by atoms with van der Waals surface area (Å²) in [5.74, 6) is 1.29. The number of hydrogen-bond acceptors (Lipinski definition) is 2. The molecule has 0 saturated heterocycles. The molecular formula is C21H18FNO2. The maximum atomic E-state index is 13.3. The summed E-state index contributed by atoms with van der Waals surface area (Å²) >= 11 is 0. The third-order valence-electron chi connectivity index (χ3n) is 4.04. The number of benzene rings is 2. The first-order valence-electron chi connectivity index (χ1n) is 8.02. The lowest BCUT2D eigenvalue weighted by molar-refractivity contribution is -0.136. The molecule has 2 unspecified atom stereocenters. The summed E-state index contributed by atoms with van der Waals surface area (Å²) in [7, 11) is 0. The van der Waals surface area contributed by atoms with Gasteiger partial charge in [0.1, 0.15) is 17.8 Å². The van der Waals surface area contributed by atoms with Crippen LogP contribution in [-0.2, 0) is 22.7 Å². The van der Waals surface area contributed by atoms with Crippen molar-refractivity contribution in [3.8, 4) is 12.3 Å². The molecule has 0 aromatic heterocycles. The zero-order valence-corrected chi connectivity index (χ0v) is 13.6. The second-order valence-corrected chi connectivity index (χ2v) is 5.84. The molecule has 2 atom stereocenters. The van der Waals surface area contributed by atoms with Gasteiger partial charge in [-0.25, -0.2) is 4.39 Å². The minimum absolute atomic E-state index is 0.215. The van der Waals surface area contributed by atoms with Crippen molar-refractivity contribution in [1.29, 1.82) is 0 Å². The lowest BCUT2D eigenvalue weighted by Gasteiger charge is -2.30. The van der Waals surface area contributed by atoms with Crippen molar-refractivity contribution in [2.45, 2.75) is 19.3 Å². The van der Waals surface area contributed by atoms with Crippen molar-refractivity contribution >= 4 is 5.91 Å². The Labute approximate surface area is 146 Å². The van der Waals surface area contributed by atoms with E-state index in [-0.39, 0.29) is 18.3 Å². The van der Waals surface area contributed by atoms with E-state index in [0.717, 1.165) is 5.56 Å². The lowest BCUT2D eigenvalue weighted by Crippen LogP contribution is -2.41. The number of nitrogens with zero attached hydrogens (tertiary/aromatic N) is 1. The normalized spacial score (nSPS) is 19.7. The van der Waals surface area contributed by atoms with Crippen molar-refractivity contribution < 1.29 is 13.9 Å². The molecule has 0 fully saturated rings. The average molecular weight is 335 g/mol. The van der Waals surface area contributed by atoms with Crippen molar-refractivity contribution in [3.05, 3.63) is 83.8 Å². The van der Waals surface area contributed by atoms with Crippen LogP contribution in [0.15, 0.2) is 66.9 Å². The Morgan fingerprint density at radius 1 is 1.12 bits per heavy atom. The van der Waals surface area contributed by atoms with Gasteiger partial charge in [0.25, 0.3) is 0 Å². The quantitative estimate of drug-likeness (QED) is 0.783. The highest BCUT2D eigenvalue weighted by molar-refractivity contribution is 5.84. The van der Waals surface area contributed by atoms with Gasteiger partial charge >= 0.3 is 0 Å². The number of rotatable bonds is 5. The molecule has 126 valence electrons. The number of hydrogen-bond donors (Lipinski definition) is 0. The average Bonchev–Trinajstić information content (AvgIpc) is 2.63. The van der Waals surface area contributed by atoms with Crippen LogP contribution in [0.25, 0.3) is 0 Å². The molecule has 1 heterocycles. The molecule has 0 bridgehead atoms. The smallest absolute Gasteiger partial charge is 0.244 e.